The second kappa shape index (κ2) is 8.75. The van der Waals surface area contributed by atoms with Crippen molar-refractivity contribution in [1.82, 2.24) is 20.0 Å². The van der Waals surface area contributed by atoms with E-state index in [1.165, 1.54) is 33.6 Å². The maximum absolute atomic E-state index is 13.0. The van der Waals surface area contributed by atoms with Gasteiger partial charge in [0.1, 0.15) is 0 Å². The van der Waals surface area contributed by atoms with Gasteiger partial charge >= 0.3 is 16.9 Å². The number of nitrogens with zero attached hydrogens (tertiary/aromatic N) is 6. The molecule has 13 nitrogen and oxygen atoms in total. The number of nitro benzene ring substituents is 1. The molecule has 2 aromatic carbocycles. The van der Waals surface area contributed by atoms with Crippen molar-refractivity contribution in [3.05, 3.63) is 96.6 Å². The quantitative estimate of drug-likeness (QED) is 0.159. The van der Waals surface area contributed by atoms with E-state index in [9.17, 15) is 19.7 Å². The minimum atomic E-state index is -0.613. The fourth-order valence-corrected chi connectivity index (χ4v) is 4.03. The molecule has 2 N–H and O–H groups in total. The summed E-state index contributed by atoms with van der Waals surface area (Å²) in [6.45, 7) is 1.65. The summed E-state index contributed by atoms with van der Waals surface area (Å²) in [5.41, 5.74) is 0.829. The molecule has 3 heterocycles. The number of thiazole rings is 1. The number of aromatic nitrogens is 5. The van der Waals surface area contributed by atoms with E-state index < -0.39 is 16.1 Å². The zero-order valence-electron chi connectivity index (χ0n) is 17.9. The van der Waals surface area contributed by atoms with Gasteiger partial charge in [-0.15, -0.1) is 16.5 Å². The van der Waals surface area contributed by atoms with Gasteiger partial charge in [-0.25, -0.2) is 9.78 Å². The van der Waals surface area contributed by atoms with Gasteiger partial charge < -0.3 is 0 Å². The number of nitro groups is 1. The molecule has 5 aromatic rings. The Morgan fingerprint density at radius 1 is 1.11 bits per heavy atom. The molecule has 0 aliphatic rings. The Kier molecular flexibility index (Phi) is 5.46. The Labute approximate surface area is 198 Å². The summed E-state index contributed by atoms with van der Waals surface area (Å²) in [7, 11) is 0. The summed E-state index contributed by atoms with van der Waals surface area (Å²) in [4.78, 5) is 40.0. The van der Waals surface area contributed by atoms with Crippen LogP contribution in [-0.4, -0.2) is 25.0 Å². The first-order chi connectivity index (χ1) is 16.9. The molecule has 0 unspecified atom stereocenters. The van der Waals surface area contributed by atoms with Gasteiger partial charge in [0.25, 0.3) is 5.69 Å². The third-order valence-corrected chi connectivity index (χ3v) is 5.78. The second-order valence-electron chi connectivity index (χ2n) is 7.22. The normalized spacial score (nSPS) is 11.3. The van der Waals surface area contributed by atoms with Crippen LogP contribution >= 0.6 is 11.3 Å². The van der Waals surface area contributed by atoms with E-state index in [-0.39, 0.29) is 22.2 Å². The standard InChI is InChI=1S/C21H14N8O5S/c1-12-17(24-23-13-7-9-15(10-8-13)29(32)33)19(30)28(25-12)21-22-16(11-35-21)18-20(31)34-26-27(18)14-5-3-2-4-6-14/h2-11H,1H3,(H-,23,25,26,30,31)/p+1. The van der Waals surface area contributed by atoms with Crippen LogP contribution in [0.4, 0.5) is 17.1 Å². The predicted molar refractivity (Wildman–Crippen MR) is 124 cm³/mol. The summed E-state index contributed by atoms with van der Waals surface area (Å²) in [5.74, 6) is 0. The van der Waals surface area contributed by atoms with Crippen LogP contribution < -0.4 is 15.9 Å². The topological polar surface area (TPSA) is 168 Å². The SMILES string of the molecule is Cc1[nH]n(-c2nc(-c3c(=O)o[nH][n+]3-c3ccccc3)cs2)c(=O)c1N=Nc1ccc([N+](=O)[O-])cc1. The smallest absolute Gasteiger partial charge is 0.291 e. The average Bonchev–Trinajstić information content (AvgIpc) is 3.56. The van der Waals surface area contributed by atoms with Gasteiger partial charge in [0, 0.05) is 29.6 Å². The number of rotatable bonds is 6. The van der Waals surface area contributed by atoms with Crippen LogP contribution in [0.15, 0.2) is 84.3 Å². The van der Waals surface area contributed by atoms with Crippen molar-refractivity contribution in [3.8, 4) is 22.2 Å². The molecule has 14 heteroatoms. The van der Waals surface area contributed by atoms with E-state index in [1.807, 2.05) is 18.2 Å². The first-order valence-corrected chi connectivity index (χ1v) is 10.9. The fourth-order valence-electron chi connectivity index (χ4n) is 3.27. The second-order valence-corrected chi connectivity index (χ2v) is 8.05. The maximum Gasteiger partial charge on any atom is 0.437 e. The molecule has 0 aliphatic heterocycles. The van der Waals surface area contributed by atoms with Crippen molar-refractivity contribution >= 4 is 28.4 Å². The van der Waals surface area contributed by atoms with Crippen LogP contribution in [-0.2, 0) is 0 Å². The van der Waals surface area contributed by atoms with Crippen LogP contribution in [0.2, 0.25) is 0 Å². The largest absolute Gasteiger partial charge is 0.437 e. The van der Waals surface area contributed by atoms with Crippen LogP contribution in [0.1, 0.15) is 5.69 Å². The molecule has 0 spiro atoms. The monoisotopic (exact) mass is 491 g/mol. The van der Waals surface area contributed by atoms with E-state index >= 15 is 0 Å². The summed E-state index contributed by atoms with van der Waals surface area (Å²) >= 11 is 1.15. The minimum Gasteiger partial charge on any atom is -0.291 e. The van der Waals surface area contributed by atoms with Crippen LogP contribution in [0, 0.1) is 17.0 Å². The third kappa shape index (κ3) is 4.08. The van der Waals surface area contributed by atoms with E-state index in [4.69, 9.17) is 4.52 Å². The lowest BCUT2D eigenvalue weighted by Crippen LogP contribution is -2.36. The lowest BCUT2D eigenvalue weighted by atomic mass is 10.3. The number of para-hydroxylation sites is 1. The van der Waals surface area contributed by atoms with Gasteiger partial charge in [-0.3, -0.25) is 24.5 Å². The highest BCUT2D eigenvalue weighted by molar-refractivity contribution is 7.12. The number of aromatic amines is 2. The predicted octanol–water partition coefficient (Wildman–Crippen LogP) is 3.48. The lowest BCUT2D eigenvalue weighted by Gasteiger charge is -1.93. The van der Waals surface area contributed by atoms with Gasteiger partial charge in [-0.05, 0) is 29.0 Å². The Morgan fingerprint density at radius 3 is 2.57 bits per heavy atom. The molecule has 0 bridgehead atoms. The molecule has 0 saturated heterocycles. The van der Waals surface area contributed by atoms with Crippen LogP contribution in [0.25, 0.3) is 22.2 Å². The van der Waals surface area contributed by atoms with Crippen LogP contribution in [0.5, 0.6) is 0 Å². The summed E-state index contributed by atoms with van der Waals surface area (Å²) in [6, 6.07) is 14.5. The highest BCUT2D eigenvalue weighted by atomic mass is 32.1. The van der Waals surface area contributed by atoms with Crippen molar-refractivity contribution in [2.75, 3.05) is 0 Å². The Bertz CT molecular complexity index is 1680. The molecule has 0 atom stereocenters. The zero-order valence-corrected chi connectivity index (χ0v) is 18.7. The van der Waals surface area contributed by atoms with E-state index in [1.54, 1.807) is 24.4 Å². The van der Waals surface area contributed by atoms with Crippen molar-refractivity contribution in [1.29, 1.82) is 0 Å². The van der Waals surface area contributed by atoms with Gasteiger partial charge in [0.15, 0.2) is 11.4 Å². The van der Waals surface area contributed by atoms with Gasteiger partial charge in [-0.1, -0.05) is 18.2 Å². The van der Waals surface area contributed by atoms with Gasteiger partial charge in [0.05, 0.1) is 16.3 Å². The highest BCUT2D eigenvalue weighted by Gasteiger charge is 2.28. The van der Waals surface area contributed by atoms with Crippen molar-refractivity contribution in [2.24, 2.45) is 10.2 Å². The number of non-ortho nitro benzene ring substituents is 1. The number of hydrogen-bond donors (Lipinski definition) is 2. The molecule has 0 radical (unpaired) electrons. The molecule has 0 aliphatic carbocycles. The van der Waals surface area contributed by atoms with E-state index in [0.29, 0.717) is 22.8 Å². The first kappa shape index (κ1) is 21.8. The molecule has 35 heavy (non-hydrogen) atoms. The Balaban J connectivity index is 1.47. The third-order valence-electron chi connectivity index (χ3n) is 4.95. The van der Waals surface area contributed by atoms with Crippen molar-refractivity contribution in [3.63, 3.8) is 0 Å². The first-order valence-electron chi connectivity index (χ1n) is 10.1. The molecular weight excluding hydrogens is 476 g/mol. The number of aryl methyl sites for hydroxylation is 1. The van der Waals surface area contributed by atoms with Gasteiger partial charge in [0.2, 0.25) is 10.8 Å². The zero-order chi connectivity index (χ0) is 24.5. The Morgan fingerprint density at radius 2 is 1.86 bits per heavy atom. The number of azo groups is 1. The number of hydrogen-bond acceptors (Lipinski definition) is 9. The summed E-state index contributed by atoms with van der Waals surface area (Å²) in [5, 5.41) is 26.2. The number of H-pyrrole nitrogens is 2. The van der Waals surface area contributed by atoms with E-state index in [0.717, 1.165) is 11.3 Å². The summed E-state index contributed by atoms with van der Waals surface area (Å²) < 4.78 is 7.64. The molecule has 3 aromatic heterocycles. The molecule has 0 amide bonds. The van der Waals surface area contributed by atoms with E-state index in [2.05, 4.69) is 25.6 Å². The molecule has 5 rings (SSSR count). The fraction of sp³-hybridized carbons (Fsp3) is 0.0476. The molecular formula is C21H15N8O5S+. The average molecular weight is 491 g/mol. The van der Waals surface area contributed by atoms with Crippen molar-refractivity contribution in [2.45, 2.75) is 6.92 Å². The molecule has 174 valence electrons. The maximum atomic E-state index is 13.0. The summed E-state index contributed by atoms with van der Waals surface area (Å²) in [6.07, 6.45) is 0. The lowest BCUT2D eigenvalue weighted by molar-refractivity contribution is -0.660. The number of nitrogens with one attached hydrogen (secondary N) is 2. The Hall–Kier alpha value is -4.98. The van der Waals surface area contributed by atoms with Crippen LogP contribution in [0.3, 0.4) is 0 Å². The minimum absolute atomic E-state index is 0.0561. The van der Waals surface area contributed by atoms with Gasteiger partial charge in [-0.2, -0.15) is 9.80 Å². The number of benzene rings is 2. The van der Waals surface area contributed by atoms with Crippen molar-refractivity contribution < 1.29 is 14.1 Å². The molecule has 0 saturated carbocycles. The molecule has 0 fully saturated rings. The highest BCUT2D eigenvalue weighted by Crippen LogP contribution is 2.23.